The van der Waals surface area contributed by atoms with Gasteiger partial charge in [-0.05, 0) is 18.2 Å². The number of carbonyl (C=O) groups is 1. The SMILES string of the molecule is O=C(Nc1cc(F)c(F)c(F)c1)c1ccc(F)c(S(=O)(=O)N2CC[S+]([O-])CC2)c1. The number of nitrogens with one attached hydrogen (secondary N) is 1. The van der Waals surface area contributed by atoms with Crippen LogP contribution in [0.25, 0.3) is 0 Å². The Balaban J connectivity index is 1.87. The largest absolute Gasteiger partial charge is 0.616 e. The molecule has 3 rings (SSSR count). The average Bonchev–Trinajstić information content (AvgIpc) is 2.66. The van der Waals surface area contributed by atoms with Crippen molar-refractivity contribution in [1.82, 2.24) is 4.31 Å². The Hall–Kier alpha value is -2.15. The van der Waals surface area contributed by atoms with Crippen LogP contribution in [0.2, 0.25) is 0 Å². The van der Waals surface area contributed by atoms with Gasteiger partial charge in [0, 0.05) is 23.4 Å². The van der Waals surface area contributed by atoms with Crippen molar-refractivity contribution in [3.63, 3.8) is 0 Å². The summed E-state index contributed by atoms with van der Waals surface area (Å²) in [5.74, 6) is -6.60. The van der Waals surface area contributed by atoms with E-state index in [0.717, 1.165) is 22.5 Å². The highest BCUT2D eigenvalue weighted by Gasteiger charge is 2.33. The lowest BCUT2D eigenvalue weighted by Gasteiger charge is -2.27. The van der Waals surface area contributed by atoms with E-state index >= 15 is 0 Å². The van der Waals surface area contributed by atoms with Crippen LogP contribution in [0.15, 0.2) is 35.2 Å². The molecule has 1 aliphatic rings. The molecule has 29 heavy (non-hydrogen) atoms. The predicted molar refractivity (Wildman–Crippen MR) is 97.3 cm³/mol. The predicted octanol–water partition coefficient (Wildman–Crippen LogP) is 2.25. The van der Waals surface area contributed by atoms with Gasteiger partial charge in [0.05, 0.1) is 13.1 Å². The maximum absolute atomic E-state index is 14.2. The highest BCUT2D eigenvalue weighted by Crippen LogP contribution is 2.24. The van der Waals surface area contributed by atoms with Gasteiger partial charge in [-0.3, -0.25) is 4.79 Å². The van der Waals surface area contributed by atoms with Gasteiger partial charge in [-0.2, -0.15) is 4.31 Å². The van der Waals surface area contributed by atoms with Gasteiger partial charge in [-0.1, -0.05) is 11.2 Å². The van der Waals surface area contributed by atoms with Gasteiger partial charge in [0.25, 0.3) is 5.91 Å². The average molecular weight is 450 g/mol. The second-order valence-corrected chi connectivity index (χ2v) is 9.71. The zero-order chi connectivity index (χ0) is 21.3. The van der Waals surface area contributed by atoms with E-state index in [1.807, 2.05) is 0 Å². The molecule has 156 valence electrons. The molecular weight excluding hydrogens is 436 g/mol. The molecule has 12 heteroatoms. The molecule has 2 aromatic carbocycles. The number of halogens is 4. The highest BCUT2D eigenvalue weighted by molar-refractivity contribution is 7.92. The van der Waals surface area contributed by atoms with Crippen LogP contribution in [-0.2, 0) is 21.2 Å². The number of amides is 1. The van der Waals surface area contributed by atoms with Crippen LogP contribution in [-0.4, -0.2) is 47.8 Å². The first-order chi connectivity index (χ1) is 13.6. The van der Waals surface area contributed by atoms with Crippen molar-refractivity contribution >= 4 is 32.8 Å². The summed E-state index contributed by atoms with van der Waals surface area (Å²) in [7, 11) is -4.29. The third-order valence-corrected chi connectivity index (χ3v) is 7.38. The molecular formula is C17H14F4N2O4S2. The number of carbonyl (C=O) groups excluding carboxylic acids is 1. The fourth-order valence-electron chi connectivity index (χ4n) is 2.67. The molecule has 0 bridgehead atoms. The number of hydrogen-bond acceptors (Lipinski definition) is 4. The fraction of sp³-hybridized carbons (Fsp3) is 0.235. The van der Waals surface area contributed by atoms with Gasteiger partial charge >= 0.3 is 0 Å². The lowest BCUT2D eigenvalue weighted by molar-refractivity contribution is 0.102. The van der Waals surface area contributed by atoms with Crippen molar-refractivity contribution in [1.29, 1.82) is 0 Å². The van der Waals surface area contributed by atoms with Gasteiger partial charge < -0.3 is 9.87 Å². The van der Waals surface area contributed by atoms with E-state index in [0.29, 0.717) is 12.1 Å². The summed E-state index contributed by atoms with van der Waals surface area (Å²) in [6, 6.07) is 3.65. The molecule has 0 aliphatic carbocycles. The summed E-state index contributed by atoms with van der Waals surface area (Å²) in [4.78, 5) is 11.6. The Morgan fingerprint density at radius 2 is 1.59 bits per heavy atom. The number of anilines is 1. The number of hydrogen-bond donors (Lipinski definition) is 1. The summed E-state index contributed by atoms with van der Waals surface area (Å²) in [6.07, 6.45) is 0. The number of sulfonamides is 1. The number of benzene rings is 2. The number of rotatable bonds is 4. The molecule has 0 unspecified atom stereocenters. The molecule has 0 atom stereocenters. The molecule has 0 aromatic heterocycles. The Morgan fingerprint density at radius 3 is 2.17 bits per heavy atom. The molecule has 1 aliphatic heterocycles. The molecule has 2 aromatic rings. The van der Waals surface area contributed by atoms with Gasteiger partial charge in [0.1, 0.15) is 22.2 Å². The Morgan fingerprint density at radius 1 is 1.00 bits per heavy atom. The standard InChI is InChI=1S/C17H14F4N2O4S2/c18-12-2-1-10(17(24)22-11-8-13(19)16(21)14(20)9-11)7-15(12)29(26,27)23-3-5-28(25)6-4-23/h1-2,7-9H,3-6H2,(H,22,24). The molecule has 1 N–H and O–H groups in total. The molecule has 0 saturated carbocycles. The first-order valence-electron chi connectivity index (χ1n) is 8.20. The monoisotopic (exact) mass is 450 g/mol. The maximum Gasteiger partial charge on any atom is 0.255 e. The van der Waals surface area contributed by atoms with Crippen LogP contribution in [0.1, 0.15) is 10.4 Å². The minimum absolute atomic E-state index is 0.0566. The van der Waals surface area contributed by atoms with Gasteiger partial charge in [-0.15, -0.1) is 0 Å². The lowest BCUT2D eigenvalue weighted by atomic mass is 10.2. The maximum atomic E-state index is 14.2. The molecule has 1 fully saturated rings. The van der Waals surface area contributed by atoms with Gasteiger partial charge in [0.15, 0.2) is 17.5 Å². The molecule has 1 saturated heterocycles. The molecule has 1 amide bonds. The van der Waals surface area contributed by atoms with Crippen LogP contribution in [0.4, 0.5) is 23.2 Å². The molecule has 6 nitrogen and oxygen atoms in total. The van der Waals surface area contributed by atoms with E-state index in [-0.39, 0.29) is 30.2 Å². The summed E-state index contributed by atoms with van der Waals surface area (Å²) >= 11 is -1.15. The molecule has 1 heterocycles. The second-order valence-electron chi connectivity index (χ2n) is 6.11. The minimum atomic E-state index is -4.29. The van der Waals surface area contributed by atoms with Crippen molar-refractivity contribution in [3.8, 4) is 0 Å². The van der Waals surface area contributed by atoms with Crippen LogP contribution >= 0.6 is 0 Å². The molecule has 0 radical (unpaired) electrons. The highest BCUT2D eigenvalue weighted by atomic mass is 32.2. The normalized spacial score (nSPS) is 16.0. The smallest absolute Gasteiger partial charge is 0.255 e. The van der Waals surface area contributed by atoms with E-state index in [9.17, 15) is 35.3 Å². The second kappa shape index (κ2) is 8.30. The van der Waals surface area contributed by atoms with Crippen LogP contribution in [0.3, 0.4) is 0 Å². The van der Waals surface area contributed by atoms with Crippen molar-refractivity contribution in [2.45, 2.75) is 4.90 Å². The third kappa shape index (κ3) is 4.55. The summed E-state index contributed by atoms with van der Waals surface area (Å²) in [6.45, 7) is -0.113. The summed E-state index contributed by atoms with van der Waals surface area (Å²) in [5, 5.41) is 2.09. The Kier molecular flexibility index (Phi) is 6.17. The van der Waals surface area contributed by atoms with Crippen LogP contribution < -0.4 is 5.32 Å². The van der Waals surface area contributed by atoms with Crippen molar-refractivity contribution in [2.75, 3.05) is 29.9 Å². The summed E-state index contributed by atoms with van der Waals surface area (Å²) in [5.41, 5.74) is -0.700. The van der Waals surface area contributed by atoms with E-state index < -0.39 is 61.0 Å². The van der Waals surface area contributed by atoms with E-state index in [2.05, 4.69) is 5.32 Å². The van der Waals surface area contributed by atoms with Crippen LogP contribution in [0.5, 0.6) is 0 Å². The fourth-order valence-corrected chi connectivity index (χ4v) is 5.49. The zero-order valence-electron chi connectivity index (χ0n) is 14.6. The van der Waals surface area contributed by atoms with E-state index in [1.54, 1.807) is 0 Å². The van der Waals surface area contributed by atoms with Crippen molar-refractivity contribution < 1.29 is 35.3 Å². The Bertz CT molecular complexity index is 1030. The van der Waals surface area contributed by atoms with E-state index in [4.69, 9.17) is 0 Å². The number of nitrogens with zero attached hydrogens (tertiary/aromatic N) is 1. The van der Waals surface area contributed by atoms with Crippen molar-refractivity contribution in [2.24, 2.45) is 0 Å². The van der Waals surface area contributed by atoms with Crippen molar-refractivity contribution in [3.05, 3.63) is 59.2 Å². The third-order valence-electron chi connectivity index (χ3n) is 4.19. The summed E-state index contributed by atoms with van der Waals surface area (Å²) < 4.78 is 91.5. The minimum Gasteiger partial charge on any atom is -0.616 e. The lowest BCUT2D eigenvalue weighted by Crippen LogP contribution is -2.43. The zero-order valence-corrected chi connectivity index (χ0v) is 16.3. The molecule has 0 spiro atoms. The quantitative estimate of drug-likeness (QED) is 0.440. The van der Waals surface area contributed by atoms with Crippen LogP contribution in [0, 0.1) is 23.3 Å². The topological polar surface area (TPSA) is 89.5 Å². The van der Waals surface area contributed by atoms with E-state index in [1.165, 1.54) is 0 Å². The van der Waals surface area contributed by atoms with Gasteiger partial charge in [-0.25, -0.2) is 26.0 Å². The first kappa shape index (κ1) is 21.6. The first-order valence-corrected chi connectivity index (χ1v) is 11.1. The van der Waals surface area contributed by atoms with Gasteiger partial charge in [0.2, 0.25) is 10.0 Å². The Labute approximate surface area is 166 Å².